The lowest BCUT2D eigenvalue weighted by molar-refractivity contribution is -0.123. The largest absolute Gasteiger partial charge is 0.497 e. The maximum Gasteiger partial charge on any atom is 0.176 e. The van der Waals surface area contributed by atoms with Crippen molar-refractivity contribution < 1.29 is 18.9 Å². The first-order valence-corrected chi connectivity index (χ1v) is 5.66. The van der Waals surface area contributed by atoms with E-state index in [1.54, 1.807) is 28.4 Å². The Morgan fingerprint density at radius 2 is 1.67 bits per heavy atom. The van der Waals surface area contributed by atoms with Crippen molar-refractivity contribution in [2.45, 2.75) is 12.3 Å². The van der Waals surface area contributed by atoms with Gasteiger partial charge < -0.3 is 24.3 Å². The van der Waals surface area contributed by atoms with E-state index in [1.165, 1.54) is 0 Å². The van der Waals surface area contributed by atoms with E-state index in [9.17, 15) is 0 Å². The van der Waals surface area contributed by atoms with E-state index in [-0.39, 0.29) is 6.04 Å². The molecule has 0 spiro atoms. The van der Waals surface area contributed by atoms with Crippen LogP contribution in [0.15, 0.2) is 18.2 Å². The molecule has 5 nitrogen and oxygen atoms in total. The molecule has 0 aromatic heterocycles. The maximum atomic E-state index is 5.38. The predicted octanol–water partition coefficient (Wildman–Crippen LogP) is 1.58. The summed E-state index contributed by atoms with van der Waals surface area (Å²) in [5.74, 6) is 1.48. The third-order valence-corrected chi connectivity index (χ3v) is 2.82. The number of methoxy groups -OCH3 is 4. The molecular formula is C13H21NO4. The maximum absolute atomic E-state index is 5.38. The van der Waals surface area contributed by atoms with Crippen molar-refractivity contribution in [3.05, 3.63) is 23.8 Å². The van der Waals surface area contributed by atoms with Crippen molar-refractivity contribution in [3.63, 3.8) is 0 Å². The summed E-state index contributed by atoms with van der Waals surface area (Å²) >= 11 is 0. The molecule has 0 aliphatic rings. The minimum absolute atomic E-state index is 0.124. The van der Waals surface area contributed by atoms with Crippen LogP contribution in [-0.4, -0.2) is 41.8 Å². The Morgan fingerprint density at radius 1 is 1.00 bits per heavy atom. The smallest absolute Gasteiger partial charge is 0.176 e. The molecule has 5 heteroatoms. The average Bonchev–Trinajstić information content (AvgIpc) is 2.44. The van der Waals surface area contributed by atoms with Gasteiger partial charge in [0.2, 0.25) is 0 Å². The van der Waals surface area contributed by atoms with Crippen LogP contribution in [0.5, 0.6) is 11.5 Å². The molecule has 102 valence electrons. The average molecular weight is 255 g/mol. The van der Waals surface area contributed by atoms with E-state index < -0.39 is 6.29 Å². The number of hydrogen-bond acceptors (Lipinski definition) is 5. The highest BCUT2D eigenvalue weighted by molar-refractivity contribution is 5.42. The SMILES string of the molecule is CNC(c1ccc(OC)cc1OC)C(OC)OC. The van der Waals surface area contributed by atoms with E-state index in [0.717, 1.165) is 17.1 Å². The molecule has 0 aliphatic carbocycles. The van der Waals surface area contributed by atoms with Gasteiger partial charge in [-0.3, -0.25) is 0 Å². The van der Waals surface area contributed by atoms with Crippen LogP contribution in [-0.2, 0) is 9.47 Å². The van der Waals surface area contributed by atoms with E-state index in [1.807, 2.05) is 25.2 Å². The zero-order valence-electron chi connectivity index (χ0n) is 11.5. The Bertz CT molecular complexity index is 366. The first-order valence-electron chi connectivity index (χ1n) is 5.66. The third kappa shape index (κ3) is 3.13. The van der Waals surface area contributed by atoms with Gasteiger partial charge in [-0.1, -0.05) is 0 Å². The number of nitrogens with one attached hydrogen (secondary N) is 1. The molecule has 1 atom stereocenters. The number of likely N-dealkylation sites (N-methyl/N-ethyl adjacent to an activating group) is 1. The number of rotatable bonds is 7. The van der Waals surface area contributed by atoms with Gasteiger partial charge in [0.1, 0.15) is 11.5 Å². The molecule has 1 aromatic rings. The minimum Gasteiger partial charge on any atom is -0.497 e. The van der Waals surface area contributed by atoms with Gasteiger partial charge in [0, 0.05) is 25.8 Å². The number of hydrogen-bond donors (Lipinski definition) is 1. The fourth-order valence-electron chi connectivity index (χ4n) is 1.88. The van der Waals surface area contributed by atoms with E-state index in [4.69, 9.17) is 18.9 Å². The molecule has 18 heavy (non-hydrogen) atoms. The number of ether oxygens (including phenoxy) is 4. The van der Waals surface area contributed by atoms with Crippen molar-refractivity contribution in [1.82, 2.24) is 5.32 Å². The Hall–Kier alpha value is -1.30. The van der Waals surface area contributed by atoms with Crippen molar-refractivity contribution >= 4 is 0 Å². The normalized spacial score (nSPS) is 12.6. The first kappa shape index (κ1) is 14.8. The van der Waals surface area contributed by atoms with Crippen molar-refractivity contribution in [2.75, 3.05) is 35.5 Å². The zero-order valence-corrected chi connectivity index (χ0v) is 11.5. The minimum atomic E-state index is -0.391. The summed E-state index contributed by atoms with van der Waals surface area (Å²) in [7, 11) is 8.30. The van der Waals surface area contributed by atoms with Gasteiger partial charge in [0.05, 0.1) is 20.3 Å². The second-order valence-corrected chi connectivity index (χ2v) is 3.71. The van der Waals surface area contributed by atoms with Crippen LogP contribution in [0.2, 0.25) is 0 Å². The third-order valence-electron chi connectivity index (χ3n) is 2.82. The Balaban J connectivity index is 3.11. The molecule has 1 N–H and O–H groups in total. The Morgan fingerprint density at radius 3 is 2.11 bits per heavy atom. The lowest BCUT2D eigenvalue weighted by Crippen LogP contribution is -2.32. The molecule has 0 saturated carbocycles. The van der Waals surface area contributed by atoms with Gasteiger partial charge in [-0.25, -0.2) is 0 Å². The molecule has 0 aliphatic heterocycles. The summed E-state index contributed by atoms with van der Waals surface area (Å²) in [6.07, 6.45) is -0.391. The van der Waals surface area contributed by atoms with Crippen LogP contribution in [0.1, 0.15) is 11.6 Å². The predicted molar refractivity (Wildman–Crippen MR) is 69.2 cm³/mol. The van der Waals surface area contributed by atoms with Gasteiger partial charge in [0.25, 0.3) is 0 Å². The summed E-state index contributed by atoms with van der Waals surface area (Å²) in [4.78, 5) is 0. The first-order chi connectivity index (χ1) is 8.71. The summed E-state index contributed by atoms with van der Waals surface area (Å²) in [5, 5.41) is 3.16. The van der Waals surface area contributed by atoms with Crippen LogP contribution >= 0.6 is 0 Å². The molecule has 1 aromatic carbocycles. The highest BCUT2D eigenvalue weighted by atomic mass is 16.7. The second-order valence-electron chi connectivity index (χ2n) is 3.71. The van der Waals surface area contributed by atoms with Gasteiger partial charge in [-0.2, -0.15) is 0 Å². The number of benzene rings is 1. The van der Waals surface area contributed by atoms with Crippen molar-refractivity contribution in [1.29, 1.82) is 0 Å². The summed E-state index contributed by atoms with van der Waals surface area (Å²) in [6, 6.07) is 5.53. The molecule has 0 saturated heterocycles. The molecule has 1 rings (SSSR count). The zero-order chi connectivity index (χ0) is 13.5. The van der Waals surface area contributed by atoms with Crippen molar-refractivity contribution in [2.24, 2.45) is 0 Å². The van der Waals surface area contributed by atoms with Gasteiger partial charge >= 0.3 is 0 Å². The topological polar surface area (TPSA) is 49.0 Å². The molecule has 0 fully saturated rings. The van der Waals surface area contributed by atoms with Gasteiger partial charge in [-0.15, -0.1) is 0 Å². The van der Waals surface area contributed by atoms with Crippen molar-refractivity contribution in [3.8, 4) is 11.5 Å². The Kier molecular flexibility index (Phi) is 5.91. The van der Waals surface area contributed by atoms with E-state index >= 15 is 0 Å². The highest BCUT2D eigenvalue weighted by Gasteiger charge is 2.24. The molecule has 0 radical (unpaired) electrons. The summed E-state index contributed by atoms with van der Waals surface area (Å²) in [6.45, 7) is 0. The van der Waals surface area contributed by atoms with Gasteiger partial charge in [0.15, 0.2) is 6.29 Å². The standard InChI is InChI=1S/C13H21NO4/c1-14-12(13(17-4)18-5)10-7-6-9(15-2)8-11(10)16-3/h6-8,12-14H,1-5H3. The lowest BCUT2D eigenvalue weighted by atomic mass is 10.0. The molecular weight excluding hydrogens is 234 g/mol. The van der Waals surface area contributed by atoms with E-state index in [0.29, 0.717) is 0 Å². The van der Waals surface area contributed by atoms with Crippen LogP contribution < -0.4 is 14.8 Å². The lowest BCUT2D eigenvalue weighted by Gasteiger charge is -2.26. The molecule has 0 heterocycles. The second kappa shape index (κ2) is 7.20. The molecule has 0 amide bonds. The fraction of sp³-hybridized carbons (Fsp3) is 0.538. The highest BCUT2D eigenvalue weighted by Crippen LogP contribution is 2.31. The van der Waals surface area contributed by atoms with Crippen LogP contribution in [0.3, 0.4) is 0 Å². The fourth-order valence-corrected chi connectivity index (χ4v) is 1.88. The molecule has 0 bridgehead atoms. The van der Waals surface area contributed by atoms with Gasteiger partial charge in [-0.05, 0) is 19.2 Å². The Labute approximate surface area is 108 Å². The van der Waals surface area contributed by atoms with Crippen LogP contribution in [0, 0.1) is 0 Å². The molecule has 1 unspecified atom stereocenters. The quantitative estimate of drug-likeness (QED) is 0.750. The summed E-state index contributed by atoms with van der Waals surface area (Å²) in [5.41, 5.74) is 0.953. The van der Waals surface area contributed by atoms with Crippen LogP contribution in [0.4, 0.5) is 0 Å². The van der Waals surface area contributed by atoms with Crippen LogP contribution in [0.25, 0.3) is 0 Å². The van der Waals surface area contributed by atoms with E-state index in [2.05, 4.69) is 5.32 Å². The monoisotopic (exact) mass is 255 g/mol. The summed E-state index contributed by atoms with van der Waals surface area (Å²) < 4.78 is 21.1.